The van der Waals surface area contributed by atoms with E-state index in [1.54, 1.807) is 18.7 Å². The number of amides is 1. The molecule has 1 amide bonds. The van der Waals surface area contributed by atoms with Gasteiger partial charge in [-0.3, -0.25) is 4.79 Å². The highest BCUT2D eigenvalue weighted by molar-refractivity contribution is 8.00. The molecule has 0 aliphatic heterocycles. The number of nitrogens with two attached hydrogens (primary N) is 1. The molecule has 1 aromatic carbocycles. The van der Waals surface area contributed by atoms with Crippen LogP contribution in [0.5, 0.6) is 0 Å². The maximum absolute atomic E-state index is 11.4. The zero-order chi connectivity index (χ0) is 13.1. The molecule has 0 aliphatic carbocycles. The van der Waals surface area contributed by atoms with Crippen LogP contribution in [-0.2, 0) is 4.79 Å². The molecule has 0 aliphatic rings. The zero-order valence-corrected chi connectivity index (χ0v) is 11.6. The van der Waals surface area contributed by atoms with E-state index in [-0.39, 0.29) is 10.7 Å². The van der Waals surface area contributed by atoms with E-state index < -0.39 is 6.04 Å². The summed E-state index contributed by atoms with van der Waals surface area (Å²) in [5.41, 5.74) is 6.26. The minimum absolute atomic E-state index is 0.166. The van der Waals surface area contributed by atoms with E-state index in [0.717, 1.165) is 5.69 Å². The molecule has 1 aromatic rings. The summed E-state index contributed by atoms with van der Waals surface area (Å²) in [6, 6.07) is 7.32. The van der Waals surface area contributed by atoms with Crippen molar-refractivity contribution >= 4 is 23.4 Å². The van der Waals surface area contributed by atoms with Crippen molar-refractivity contribution in [3.05, 3.63) is 24.3 Å². The molecule has 0 aromatic heterocycles. The van der Waals surface area contributed by atoms with Crippen LogP contribution in [0.1, 0.15) is 27.7 Å². The molecule has 94 valence electrons. The molecule has 4 heteroatoms. The highest BCUT2D eigenvalue weighted by atomic mass is 32.2. The molecule has 1 atom stereocenters. The average Bonchev–Trinajstić information content (AvgIpc) is 2.18. The van der Waals surface area contributed by atoms with Crippen LogP contribution in [0.4, 0.5) is 5.69 Å². The molecule has 0 bridgehead atoms. The fourth-order valence-electron chi connectivity index (χ4n) is 1.22. The van der Waals surface area contributed by atoms with Crippen LogP contribution in [0.15, 0.2) is 29.2 Å². The number of thioether (sulfide) groups is 1. The van der Waals surface area contributed by atoms with Crippen LogP contribution < -0.4 is 11.1 Å². The van der Waals surface area contributed by atoms with Crippen molar-refractivity contribution < 1.29 is 4.79 Å². The van der Waals surface area contributed by atoms with Crippen molar-refractivity contribution in [3.63, 3.8) is 0 Å². The lowest BCUT2D eigenvalue weighted by atomic mass is 10.2. The van der Waals surface area contributed by atoms with Crippen LogP contribution in [0.2, 0.25) is 0 Å². The average molecular weight is 252 g/mol. The predicted octanol–water partition coefficient (Wildman–Crippen LogP) is 2.86. The SMILES string of the molecule is C[C@H](N)C(=O)Nc1ccc(SC(C)(C)C)cc1. The van der Waals surface area contributed by atoms with Gasteiger partial charge in [0.15, 0.2) is 0 Å². The van der Waals surface area contributed by atoms with Gasteiger partial charge in [0.25, 0.3) is 0 Å². The second-order valence-corrected chi connectivity index (χ2v) is 6.92. The predicted molar refractivity (Wildman–Crippen MR) is 74.3 cm³/mol. The van der Waals surface area contributed by atoms with Crippen molar-refractivity contribution in [2.75, 3.05) is 5.32 Å². The van der Waals surface area contributed by atoms with Gasteiger partial charge in [0, 0.05) is 15.3 Å². The monoisotopic (exact) mass is 252 g/mol. The van der Waals surface area contributed by atoms with Gasteiger partial charge in [-0.2, -0.15) is 0 Å². The van der Waals surface area contributed by atoms with Crippen molar-refractivity contribution in [1.29, 1.82) is 0 Å². The molecule has 0 unspecified atom stereocenters. The minimum Gasteiger partial charge on any atom is -0.325 e. The van der Waals surface area contributed by atoms with E-state index in [0.29, 0.717) is 0 Å². The van der Waals surface area contributed by atoms with Gasteiger partial charge in [0.2, 0.25) is 5.91 Å². The third-order valence-electron chi connectivity index (χ3n) is 1.96. The maximum Gasteiger partial charge on any atom is 0.240 e. The summed E-state index contributed by atoms with van der Waals surface area (Å²) in [5.74, 6) is -0.166. The molecule has 3 N–H and O–H groups in total. The Morgan fingerprint density at radius 2 is 1.82 bits per heavy atom. The first-order chi connectivity index (χ1) is 7.78. The number of anilines is 1. The smallest absolute Gasteiger partial charge is 0.240 e. The number of nitrogens with one attached hydrogen (secondary N) is 1. The maximum atomic E-state index is 11.4. The first kappa shape index (κ1) is 14.1. The number of benzene rings is 1. The van der Waals surface area contributed by atoms with E-state index in [2.05, 4.69) is 26.1 Å². The number of carbonyl (C=O) groups excluding carboxylic acids is 1. The van der Waals surface area contributed by atoms with E-state index in [1.165, 1.54) is 4.90 Å². The summed E-state index contributed by atoms with van der Waals surface area (Å²) in [6.45, 7) is 8.18. The Balaban J connectivity index is 2.65. The Labute approximate surface area is 107 Å². The van der Waals surface area contributed by atoms with Gasteiger partial charge >= 0.3 is 0 Å². The van der Waals surface area contributed by atoms with Crippen LogP contribution in [0.25, 0.3) is 0 Å². The summed E-state index contributed by atoms with van der Waals surface area (Å²) in [5, 5.41) is 2.76. The van der Waals surface area contributed by atoms with Gasteiger partial charge in [-0.15, -0.1) is 11.8 Å². The fraction of sp³-hybridized carbons (Fsp3) is 0.462. The molecular weight excluding hydrogens is 232 g/mol. The number of hydrogen-bond donors (Lipinski definition) is 2. The molecule has 1 rings (SSSR count). The Bertz CT molecular complexity index is 379. The normalized spacial score (nSPS) is 13.2. The van der Waals surface area contributed by atoms with Crippen LogP contribution in [0, 0.1) is 0 Å². The summed E-state index contributed by atoms with van der Waals surface area (Å²) in [4.78, 5) is 12.6. The quantitative estimate of drug-likeness (QED) is 0.813. The second kappa shape index (κ2) is 5.56. The largest absolute Gasteiger partial charge is 0.325 e. The van der Waals surface area contributed by atoms with Crippen LogP contribution in [0.3, 0.4) is 0 Å². The van der Waals surface area contributed by atoms with Gasteiger partial charge in [0.1, 0.15) is 0 Å². The van der Waals surface area contributed by atoms with Gasteiger partial charge < -0.3 is 11.1 Å². The molecule has 0 heterocycles. The van der Waals surface area contributed by atoms with Crippen LogP contribution >= 0.6 is 11.8 Å². The van der Waals surface area contributed by atoms with Crippen molar-refractivity contribution in [2.24, 2.45) is 5.73 Å². The van der Waals surface area contributed by atoms with Gasteiger partial charge in [-0.05, 0) is 31.2 Å². The van der Waals surface area contributed by atoms with E-state index in [4.69, 9.17) is 5.73 Å². The van der Waals surface area contributed by atoms with Crippen molar-refractivity contribution in [2.45, 2.75) is 43.4 Å². The van der Waals surface area contributed by atoms with Gasteiger partial charge in [-0.1, -0.05) is 20.8 Å². The minimum atomic E-state index is -0.487. The van der Waals surface area contributed by atoms with Crippen LogP contribution in [-0.4, -0.2) is 16.7 Å². The Kier molecular flexibility index (Phi) is 4.60. The zero-order valence-electron chi connectivity index (χ0n) is 10.8. The fourth-order valence-corrected chi connectivity index (χ4v) is 2.20. The van der Waals surface area contributed by atoms with Crippen molar-refractivity contribution in [1.82, 2.24) is 0 Å². The van der Waals surface area contributed by atoms with Gasteiger partial charge in [-0.25, -0.2) is 0 Å². The van der Waals surface area contributed by atoms with E-state index in [1.807, 2.05) is 24.3 Å². The standard InChI is InChI=1S/C13H20N2OS/c1-9(14)12(16)15-10-5-7-11(8-6-10)17-13(2,3)4/h5-9H,14H2,1-4H3,(H,15,16)/t9-/m0/s1. The lowest BCUT2D eigenvalue weighted by molar-refractivity contribution is -0.117. The highest BCUT2D eigenvalue weighted by Crippen LogP contribution is 2.32. The molecule has 0 fully saturated rings. The first-order valence-electron chi connectivity index (χ1n) is 5.63. The molecule has 17 heavy (non-hydrogen) atoms. The number of rotatable bonds is 3. The second-order valence-electron chi connectivity index (χ2n) is 5.02. The van der Waals surface area contributed by atoms with Crippen molar-refractivity contribution in [3.8, 4) is 0 Å². The van der Waals surface area contributed by atoms with E-state index >= 15 is 0 Å². The molecular formula is C13H20N2OS. The molecule has 0 saturated heterocycles. The molecule has 0 saturated carbocycles. The summed E-state index contributed by atoms with van der Waals surface area (Å²) >= 11 is 1.80. The van der Waals surface area contributed by atoms with Gasteiger partial charge in [0.05, 0.1) is 6.04 Å². The van der Waals surface area contributed by atoms with E-state index in [9.17, 15) is 4.79 Å². The third-order valence-corrected chi connectivity index (χ3v) is 3.08. The third kappa shape index (κ3) is 5.24. The molecule has 0 radical (unpaired) electrons. The first-order valence-corrected chi connectivity index (χ1v) is 6.45. The lowest BCUT2D eigenvalue weighted by Gasteiger charge is -2.17. The number of carbonyl (C=O) groups is 1. The number of hydrogen-bond acceptors (Lipinski definition) is 3. The Hall–Kier alpha value is -1.00. The lowest BCUT2D eigenvalue weighted by Crippen LogP contribution is -2.32. The summed E-state index contributed by atoms with van der Waals surface area (Å²) in [7, 11) is 0. The highest BCUT2D eigenvalue weighted by Gasteiger charge is 2.12. The molecule has 0 spiro atoms. The summed E-state index contributed by atoms with van der Waals surface area (Å²) < 4.78 is 0.191. The Morgan fingerprint density at radius 1 is 1.29 bits per heavy atom. The topological polar surface area (TPSA) is 55.1 Å². The molecule has 3 nitrogen and oxygen atoms in total. The summed E-state index contributed by atoms with van der Waals surface area (Å²) in [6.07, 6.45) is 0. The Morgan fingerprint density at radius 3 is 2.24 bits per heavy atom.